The fraction of sp³-hybridized carbons (Fsp3) is 0.235. The molecule has 0 radical (unpaired) electrons. The molecule has 4 aromatic rings. The lowest BCUT2D eigenvalue weighted by Crippen LogP contribution is -2.40. The van der Waals surface area contributed by atoms with Gasteiger partial charge in [-0.2, -0.15) is 0 Å². The van der Waals surface area contributed by atoms with Crippen molar-refractivity contribution in [1.29, 1.82) is 0 Å². The minimum absolute atomic E-state index is 0.257. The van der Waals surface area contributed by atoms with Crippen LogP contribution < -0.4 is 34.4 Å². The number of anilines is 1. The highest BCUT2D eigenvalue weighted by molar-refractivity contribution is 7.07. The molecule has 10 nitrogen and oxygen atoms in total. The highest BCUT2D eigenvalue weighted by Gasteiger charge is 2.32. The zero-order chi connectivity index (χ0) is 31.9. The van der Waals surface area contributed by atoms with Crippen molar-refractivity contribution in [2.45, 2.75) is 26.8 Å². The third-order valence-electron chi connectivity index (χ3n) is 6.94. The maximum absolute atomic E-state index is 14.1. The average molecular weight is 628 g/mol. The smallest absolute Gasteiger partial charge is 0.344 e. The molecule has 0 fully saturated rings. The second-order valence-corrected chi connectivity index (χ2v) is 10.9. The van der Waals surface area contributed by atoms with Crippen LogP contribution >= 0.6 is 11.3 Å². The number of nitrogens with one attached hydrogen (secondary N) is 1. The molecule has 1 aliphatic heterocycles. The van der Waals surface area contributed by atoms with Gasteiger partial charge in [0.05, 0.1) is 42.2 Å². The topological polar surface area (TPSA) is 117 Å². The van der Waals surface area contributed by atoms with Gasteiger partial charge < -0.3 is 24.3 Å². The van der Waals surface area contributed by atoms with Crippen molar-refractivity contribution in [3.63, 3.8) is 0 Å². The molecule has 3 aromatic carbocycles. The Kier molecular flexibility index (Phi) is 9.79. The monoisotopic (exact) mass is 627 g/mol. The molecule has 1 aromatic heterocycles. The number of esters is 1. The fourth-order valence-electron chi connectivity index (χ4n) is 4.94. The molecule has 11 heteroatoms. The Hall–Kier alpha value is -5.16. The number of carbonyl (C=O) groups excluding carboxylic acids is 2. The van der Waals surface area contributed by atoms with Crippen LogP contribution in [0.25, 0.3) is 6.08 Å². The van der Waals surface area contributed by atoms with Gasteiger partial charge in [-0.3, -0.25) is 14.2 Å². The summed E-state index contributed by atoms with van der Waals surface area (Å²) in [7, 11) is 1.49. The molecule has 0 aliphatic carbocycles. The lowest BCUT2D eigenvalue weighted by atomic mass is 9.95. The molecule has 45 heavy (non-hydrogen) atoms. The molecular weight excluding hydrogens is 594 g/mol. The summed E-state index contributed by atoms with van der Waals surface area (Å²) >= 11 is 1.23. The number of nitrogens with zero attached hydrogens (tertiary/aromatic N) is 2. The molecule has 0 spiro atoms. The predicted octanol–water partition coefficient (Wildman–Crippen LogP) is 4.22. The minimum atomic E-state index is -0.726. The molecule has 5 rings (SSSR count). The molecule has 0 unspecified atom stereocenters. The first-order chi connectivity index (χ1) is 21.8. The van der Waals surface area contributed by atoms with E-state index in [9.17, 15) is 14.4 Å². The fourth-order valence-corrected chi connectivity index (χ4v) is 5.99. The third kappa shape index (κ3) is 6.99. The molecule has 1 amide bonds. The second-order valence-electron chi connectivity index (χ2n) is 9.91. The summed E-state index contributed by atoms with van der Waals surface area (Å²) in [5, 5.41) is 2.96. The number of hydrogen-bond acceptors (Lipinski definition) is 9. The Morgan fingerprint density at radius 3 is 2.42 bits per heavy atom. The molecule has 0 saturated carbocycles. The Balaban J connectivity index is 1.56. The van der Waals surface area contributed by atoms with Crippen LogP contribution in [0.15, 0.2) is 93.9 Å². The molecule has 1 atom stereocenters. The van der Waals surface area contributed by atoms with E-state index in [4.69, 9.17) is 23.9 Å². The SMILES string of the molecule is CCOC(=O)COc1ccc(/C=c2\sc3n(c2=O)[C@@H](c2ccc(OCC)cc2)C(C(=O)Nc2ccccc2)=C(C)N=3)cc1OC. The Bertz CT molecular complexity index is 1910. The number of rotatable bonds is 11. The third-order valence-corrected chi connectivity index (χ3v) is 7.92. The van der Waals surface area contributed by atoms with Crippen LogP contribution in [0.4, 0.5) is 5.69 Å². The summed E-state index contributed by atoms with van der Waals surface area (Å²) < 4.78 is 23.6. The van der Waals surface area contributed by atoms with E-state index in [1.165, 1.54) is 18.4 Å². The number of hydrogen-bond donors (Lipinski definition) is 1. The van der Waals surface area contributed by atoms with E-state index >= 15 is 0 Å². The van der Waals surface area contributed by atoms with Crippen LogP contribution in [0.5, 0.6) is 17.2 Å². The minimum Gasteiger partial charge on any atom is -0.494 e. The highest BCUT2D eigenvalue weighted by Crippen LogP contribution is 2.32. The van der Waals surface area contributed by atoms with Crippen molar-refractivity contribution >= 4 is 35.0 Å². The second kappa shape index (κ2) is 14.1. The van der Waals surface area contributed by atoms with Gasteiger partial charge in [-0.15, -0.1) is 0 Å². The largest absolute Gasteiger partial charge is 0.494 e. The number of fused-ring (bicyclic) bond motifs is 1. The van der Waals surface area contributed by atoms with Gasteiger partial charge in [-0.25, -0.2) is 9.79 Å². The highest BCUT2D eigenvalue weighted by atomic mass is 32.1. The van der Waals surface area contributed by atoms with Gasteiger partial charge >= 0.3 is 5.97 Å². The Labute approximate surface area is 263 Å². The summed E-state index contributed by atoms with van der Waals surface area (Å²) in [4.78, 5) is 44.7. The molecular formula is C34H33N3O7S. The first kappa shape index (κ1) is 31.3. The van der Waals surface area contributed by atoms with Gasteiger partial charge in [0.25, 0.3) is 11.5 Å². The number of allylic oxidation sites excluding steroid dienone is 1. The number of aromatic nitrogens is 1. The van der Waals surface area contributed by atoms with Crippen molar-refractivity contribution in [2.75, 3.05) is 32.2 Å². The number of para-hydroxylation sites is 1. The van der Waals surface area contributed by atoms with Crippen LogP contribution in [-0.2, 0) is 14.3 Å². The molecule has 1 aliphatic rings. The van der Waals surface area contributed by atoms with Crippen molar-refractivity contribution < 1.29 is 28.5 Å². The molecule has 2 heterocycles. The van der Waals surface area contributed by atoms with Crippen molar-refractivity contribution in [3.8, 4) is 17.2 Å². The standard InChI is InChI=1S/C34H33N3O7S/c1-5-42-25-15-13-23(14-16-25)31-30(32(39)36-24-10-8-7-9-11-24)21(3)35-34-37(31)33(40)28(45-34)19-22-12-17-26(27(18-22)41-4)44-20-29(38)43-6-2/h7-19,31H,5-6,20H2,1-4H3,(H,36,39)/b28-19-/t31-/m0/s1. The van der Waals surface area contributed by atoms with Gasteiger partial charge in [0.1, 0.15) is 5.75 Å². The maximum Gasteiger partial charge on any atom is 0.344 e. The van der Waals surface area contributed by atoms with Crippen LogP contribution in [0.3, 0.4) is 0 Å². The van der Waals surface area contributed by atoms with Gasteiger partial charge in [0.2, 0.25) is 0 Å². The van der Waals surface area contributed by atoms with E-state index < -0.39 is 12.0 Å². The summed E-state index contributed by atoms with van der Waals surface area (Å²) in [5.74, 6) is 0.610. The van der Waals surface area contributed by atoms with E-state index in [1.807, 2.05) is 49.4 Å². The predicted molar refractivity (Wildman–Crippen MR) is 172 cm³/mol. The van der Waals surface area contributed by atoms with Gasteiger partial charge in [-0.05, 0) is 74.4 Å². The lowest BCUT2D eigenvalue weighted by molar-refractivity contribution is -0.145. The van der Waals surface area contributed by atoms with E-state index in [0.717, 1.165) is 5.56 Å². The van der Waals surface area contributed by atoms with Crippen LogP contribution in [-0.4, -0.2) is 43.4 Å². The van der Waals surface area contributed by atoms with Crippen LogP contribution in [0.2, 0.25) is 0 Å². The summed E-state index contributed by atoms with van der Waals surface area (Å²) in [6, 6.07) is 20.9. The van der Waals surface area contributed by atoms with Gasteiger partial charge in [0, 0.05) is 5.69 Å². The number of ether oxygens (including phenoxy) is 4. The lowest BCUT2D eigenvalue weighted by Gasteiger charge is -2.25. The normalized spacial score (nSPS) is 14.3. The molecule has 232 valence electrons. The maximum atomic E-state index is 14.1. The Morgan fingerprint density at radius 1 is 0.978 bits per heavy atom. The molecule has 1 N–H and O–H groups in total. The van der Waals surface area contributed by atoms with Crippen molar-refractivity contribution in [3.05, 3.63) is 115 Å². The summed E-state index contributed by atoms with van der Waals surface area (Å²) in [5.41, 5.74) is 2.64. The van der Waals surface area contributed by atoms with Crippen LogP contribution in [0.1, 0.15) is 37.9 Å². The van der Waals surface area contributed by atoms with E-state index in [1.54, 1.807) is 54.8 Å². The molecule has 0 saturated heterocycles. The number of thiazole rings is 1. The zero-order valence-corrected chi connectivity index (χ0v) is 26.2. The number of amides is 1. The average Bonchev–Trinajstić information content (AvgIpc) is 3.34. The quantitative estimate of drug-likeness (QED) is 0.248. The molecule has 0 bridgehead atoms. The van der Waals surface area contributed by atoms with Crippen LogP contribution in [0, 0.1) is 0 Å². The zero-order valence-electron chi connectivity index (χ0n) is 25.4. The number of methoxy groups -OCH3 is 1. The van der Waals surface area contributed by atoms with E-state index in [2.05, 4.69) is 5.32 Å². The number of benzene rings is 3. The first-order valence-corrected chi connectivity index (χ1v) is 15.2. The van der Waals surface area contributed by atoms with E-state index in [-0.39, 0.29) is 24.7 Å². The van der Waals surface area contributed by atoms with Gasteiger partial charge in [0.15, 0.2) is 22.9 Å². The van der Waals surface area contributed by atoms with E-state index in [0.29, 0.717) is 55.7 Å². The summed E-state index contributed by atoms with van der Waals surface area (Å²) in [6.45, 7) is 5.92. The Morgan fingerprint density at radius 2 is 1.73 bits per heavy atom. The van der Waals surface area contributed by atoms with Crippen molar-refractivity contribution in [2.24, 2.45) is 4.99 Å². The van der Waals surface area contributed by atoms with Crippen molar-refractivity contribution in [1.82, 2.24) is 4.57 Å². The first-order valence-electron chi connectivity index (χ1n) is 14.4. The number of carbonyl (C=O) groups is 2. The van der Waals surface area contributed by atoms with Gasteiger partial charge in [-0.1, -0.05) is 47.7 Å². The summed E-state index contributed by atoms with van der Waals surface area (Å²) in [6.07, 6.45) is 1.74.